The summed E-state index contributed by atoms with van der Waals surface area (Å²) in [4.78, 5) is 39.9. The molecule has 8 nitrogen and oxygen atoms in total. The van der Waals surface area contributed by atoms with Crippen LogP contribution in [0.3, 0.4) is 0 Å². The number of thioether (sulfide) groups is 1. The molecule has 1 saturated heterocycles. The maximum absolute atomic E-state index is 13.3. The van der Waals surface area contributed by atoms with Gasteiger partial charge in [0, 0.05) is 16.8 Å². The molecule has 1 aliphatic heterocycles. The topological polar surface area (TPSA) is 109 Å². The highest BCUT2D eigenvalue weighted by Crippen LogP contribution is 2.37. The summed E-state index contributed by atoms with van der Waals surface area (Å²) in [5.41, 5.74) is 2.39. The van der Waals surface area contributed by atoms with Gasteiger partial charge in [-0.1, -0.05) is 48.5 Å². The number of imide groups is 1. The molecule has 4 aromatic carbocycles. The van der Waals surface area contributed by atoms with E-state index in [2.05, 4.69) is 11.4 Å². The normalized spacial score (nSPS) is 13.9. The maximum Gasteiger partial charge on any atom is 0.294 e. The van der Waals surface area contributed by atoms with Crippen LogP contribution in [0.1, 0.15) is 23.6 Å². The highest BCUT2D eigenvalue weighted by Gasteiger charge is 2.36. The highest BCUT2D eigenvalue weighted by atomic mass is 32.2. The van der Waals surface area contributed by atoms with Crippen molar-refractivity contribution in [1.82, 2.24) is 4.90 Å². The van der Waals surface area contributed by atoms with Crippen LogP contribution in [-0.2, 0) is 16.2 Å². The minimum absolute atomic E-state index is 0.149. The minimum atomic E-state index is -0.560. The van der Waals surface area contributed by atoms with Crippen LogP contribution in [0.15, 0.2) is 89.8 Å². The molecule has 204 valence electrons. The van der Waals surface area contributed by atoms with Crippen LogP contribution in [0.2, 0.25) is 0 Å². The Kier molecular flexibility index (Phi) is 8.32. The summed E-state index contributed by atoms with van der Waals surface area (Å²) in [6, 6.07) is 27.5. The summed E-state index contributed by atoms with van der Waals surface area (Å²) in [6.45, 7) is 2.14. The van der Waals surface area contributed by atoms with E-state index in [1.807, 2.05) is 49.4 Å². The summed E-state index contributed by atoms with van der Waals surface area (Å²) in [7, 11) is 0. The number of amides is 3. The number of carbonyl (C=O) groups is 3. The van der Waals surface area contributed by atoms with E-state index in [4.69, 9.17) is 9.47 Å². The van der Waals surface area contributed by atoms with E-state index in [1.165, 1.54) is 0 Å². The number of hydrogen-bond donors (Lipinski definition) is 1. The van der Waals surface area contributed by atoms with Gasteiger partial charge in [-0.2, -0.15) is 5.26 Å². The van der Waals surface area contributed by atoms with Gasteiger partial charge >= 0.3 is 0 Å². The van der Waals surface area contributed by atoms with Gasteiger partial charge in [0.2, 0.25) is 5.91 Å². The Bertz CT molecular complexity index is 1710. The van der Waals surface area contributed by atoms with Gasteiger partial charge < -0.3 is 14.8 Å². The monoisotopic (exact) mass is 563 g/mol. The maximum atomic E-state index is 13.3. The highest BCUT2D eigenvalue weighted by molar-refractivity contribution is 8.18. The molecule has 0 bridgehead atoms. The lowest BCUT2D eigenvalue weighted by Crippen LogP contribution is -2.36. The quantitative estimate of drug-likeness (QED) is 0.236. The Labute approximate surface area is 241 Å². The summed E-state index contributed by atoms with van der Waals surface area (Å²) >= 11 is 0.774. The second kappa shape index (κ2) is 12.4. The molecule has 1 fully saturated rings. The molecule has 0 saturated carbocycles. The minimum Gasteiger partial charge on any atom is -0.494 e. The van der Waals surface area contributed by atoms with Gasteiger partial charge in [-0.05, 0) is 71.9 Å². The largest absolute Gasteiger partial charge is 0.494 e. The molecule has 1 aliphatic rings. The van der Waals surface area contributed by atoms with Crippen molar-refractivity contribution in [1.29, 1.82) is 5.26 Å². The Morgan fingerprint density at radius 1 is 0.976 bits per heavy atom. The van der Waals surface area contributed by atoms with Crippen LogP contribution in [0.25, 0.3) is 16.8 Å². The fourth-order valence-electron chi connectivity index (χ4n) is 4.37. The number of carbonyl (C=O) groups excluding carboxylic acids is 3. The van der Waals surface area contributed by atoms with E-state index in [1.54, 1.807) is 48.5 Å². The molecule has 41 heavy (non-hydrogen) atoms. The number of nitrogens with zero attached hydrogens (tertiary/aromatic N) is 2. The molecule has 0 aliphatic carbocycles. The van der Waals surface area contributed by atoms with E-state index >= 15 is 0 Å². The number of hydrogen-bond acceptors (Lipinski definition) is 7. The van der Waals surface area contributed by atoms with E-state index in [9.17, 15) is 19.6 Å². The number of nitrogens with one attached hydrogen (secondary N) is 1. The van der Waals surface area contributed by atoms with Gasteiger partial charge in [-0.25, -0.2) is 0 Å². The van der Waals surface area contributed by atoms with Crippen LogP contribution in [0, 0.1) is 11.3 Å². The van der Waals surface area contributed by atoms with Gasteiger partial charge in [-0.15, -0.1) is 0 Å². The average molecular weight is 564 g/mol. The molecular formula is C32H25N3O5S. The molecule has 0 atom stereocenters. The lowest BCUT2D eigenvalue weighted by Gasteiger charge is -2.14. The van der Waals surface area contributed by atoms with Crippen molar-refractivity contribution in [2.45, 2.75) is 13.5 Å². The van der Waals surface area contributed by atoms with Gasteiger partial charge in [0.05, 0.1) is 23.1 Å². The smallest absolute Gasteiger partial charge is 0.294 e. The first-order valence-electron chi connectivity index (χ1n) is 12.9. The van der Waals surface area contributed by atoms with Gasteiger partial charge in [0.15, 0.2) is 0 Å². The fourth-order valence-corrected chi connectivity index (χ4v) is 5.19. The Hall–Kier alpha value is -5.07. The van der Waals surface area contributed by atoms with E-state index in [0.717, 1.165) is 33.0 Å². The first-order valence-corrected chi connectivity index (χ1v) is 13.7. The number of fused-ring (bicyclic) bond motifs is 1. The molecular weight excluding hydrogens is 538 g/mol. The number of benzene rings is 4. The lowest BCUT2D eigenvalue weighted by atomic mass is 10.0. The van der Waals surface area contributed by atoms with Gasteiger partial charge in [-0.3, -0.25) is 19.3 Å². The second-order valence-corrected chi connectivity index (χ2v) is 10.0. The SMILES string of the molecule is CCOc1ccc(NC(=O)CN2C(=O)S/C(=C/c3c(OCc4ccccc4C#N)ccc4ccccc34)C2=O)cc1. The molecule has 1 N–H and O–H groups in total. The predicted octanol–water partition coefficient (Wildman–Crippen LogP) is 6.36. The number of nitriles is 1. The fraction of sp³-hybridized carbons (Fsp3) is 0.125. The third-order valence-electron chi connectivity index (χ3n) is 6.35. The molecule has 4 aromatic rings. The van der Waals surface area contributed by atoms with Crippen LogP contribution in [-0.4, -0.2) is 35.1 Å². The molecule has 5 rings (SSSR count). The van der Waals surface area contributed by atoms with E-state index in [-0.39, 0.29) is 11.5 Å². The third-order valence-corrected chi connectivity index (χ3v) is 7.26. The molecule has 0 aromatic heterocycles. The van der Waals surface area contributed by atoms with E-state index in [0.29, 0.717) is 34.9 Å². The Morgan fingerprint density at radius 2 is 1.73 bits per heavy atom. The van der Waals surface area contributed by atoms with Crippen molar-refractivity contribution in [3.63, 3.8) is 0 Å². The number of rotatable bonds is 9. The van der Waals surface area contributed by atoms with Crippen molar-refractivity contribution in [3.8, 4) is 17.6 Å². The predicted molar refractivity (Wildman–Crippen MR) is 158 cm³/mol. The third kappa shape index (κ3) is 6.24. The number of ether oxygens (including phenoxy) is 2. The molecule has 3 amide bonds. The van der Waals surface area contributed by atoms with Crippen LogP contribution in [0.5, 0.6) is 11.5 Å². The molecule has 0 unspecified atom stereocenters. The Morgan fingerprint density at radius 3 is 2.51 bits per heavy atom. The summed E-state index contributed by atoms with van der Waals surface area (Å²) in [5.74, 6) is 0.114. The van der Waals surface area contributed by atoms with Crippen molar-refractivity contribution in [2.75, 3.05) is 18.5 Å². The Balaban J connectivity index is 1.37. The van der Waals surface area contributed by atoms with Crippen molar-refractivity contribution in [2.24, 2.45) is 0 Å². The molecule has 0 spiro atoms. The number of anilines is 1. The standard InChI is InChI=1S/C32H25N3O5S/c1-2-39-25-14-12-24(13-15-25)34-30(36)19-35-31(37)29(41-32(35)38)17-27-26-10-6-5-7-21(26)11-16-28(27)40-20-23-9-4-3-8-22(23)18-33/h3-17H,2,19-20H2,1H3,(H,34,36)/b29-17+. The van der Waals surface area contributed by atoms with Crippen molar-refractivity contribution >= 4 is 51.4 Å². The molecule has 0 radical (unpaired) electrons. The summed E-state index contributed by atoms with van der Waals surface area (Å²) in [6.07, 6.45) is 1.63. The van der Waals surface area contributed by atoms with Crippen molar-refractivity contribution < 1.29 is 23.9 Å². The zero-order valence-corrected chi connectivity index (χ0v) is 22.9. The molecule has 9 heteroatoms. The van der Waals surface area contributed by atoms with Crippen LogP contribution in [0.4, 0.5) is 10.5 Å². The zero-order valence-electron chi connectivity index (χ0n) is 22.1. The van der Waals surface area contributed by atoms with Crippen LogP contribution >= 0.6 is 11.8 Å². The van der Waals surface area contributed by atoms with E-state index < -0.39 is 23.6 Å². The first kappa shape index (κ1) is 27.5. The average Bonchev–Trinajstić information content (AvgIpc) is 3.25. The van der Waals surface area contributed by atoms with Gasteiger partial charge in [0.1, 0.15) is 24.7 Å². The summed E-state index contributed by atoms with van der Waals surface area (Å²) in [5, 5.41) is 13.4. The first-order chi connectivity index (χ1) is 20.0. The second-order valence-electron chi connectivity index (χ2n) is 9.03. The van der Waals surface area contributed by atoms with Crippen molar-refractivity contribution in [3.05, 3.63) is 107 Å². The lowest BCUT2D eigenvalue weighted by molar-refractivity contribution is -0.127. The zero-order chi connectivity index (χ0) is 28.8. The summed E-state index contributed by atoms with van der Waals surface area (Å²) < 4.78 is 11.5. The van der Waals surface area contributed by atoms with Crippen LogP contribution < -0.4 is 14.8 Å². The molecule has 1 heterocycles. The van der Waals surface area contributed by atoms with Gasteiger partial charge in [0.25, 0.3) is 11.1 Å².